The molecular weight excluding hydrogens is 552 g/mol. The molecule has 2 aromatic heterocycles. The molecule has 4 aliphatic rings. The van der Waals surface area contributed by atoms with Gasteiger partial charge >= 0.3 is 6.09 Å². The maximum Gasteiger partial charge on any atom is 0.417 e. The Hall–Kier alpha value is -4.45. The maximum atomic E-state index is 14.4. The fourth-order valence-corrected chi connectivity index (χ4v) is 8.00. The van der Waals surface area contributed by atoms with Crippen molar-refractivity contribution in [3.63, 3.8) is 0 Å². The van der Waals surface area contributed by atoms with Crippen LogP contribution >= 0.6 is 0 Å². The molecule has 3 aromatic carbocycles. The minimum absolute atomic E-state index is 0.0558. The first kappa shape index (κ1) is 25.1. The number of imide groups is 1. The van der Waals surface area contributed by atoms with E-state index in [9.17, 15) is 14.4 Å². The lowest BCUT2D eigenvalue weighted by Gasteiger charge is -2.37. The summed E-state index contributed by atoms with van der Waals surface area (Å²) < 4.78 is 27.9. The summed E-state index contributed by atoms with van der Waals surface area (Å²) in [6.45, 7) is 3.22. The van der Waals surface area contributed by atoms with Gasteiger partial charge in [0.1, 0.15) is 6.23 Å². The van der Waals surface area contributed by atoms with Crippen molar-refractivity contribution in [1.29, 1.82) is 0 Å². The summed E-state index contributed by atoms with van der Waals surface area (Å²) in [5.74, 6) is -0.546. The average Bonchev–Trinajstić information content (AvgIpc) is 3.75. The highest BCUT2D eigenvalue weighted by Crippen LogP contribution is 2.60. The van der Waals surface area contributed by atoms with Crippen LogP contribution in [-0.2, 0) is 36.0 Å². The lowest BCUT2D eigenvalue weighted by Crippen LogP contribution is -2.56. The van der Waals surface area contributed by atoms with E-state index in [0.717, 1.165) is 54.1 Å². The van der Waals surface area contributed by atoms with Crippen LogP contribution in [0.5, 0.6) is 0 Å². The number of amides is 3. The van der Waals surface area contributed by atoms with Gasteiger partial charge in [-0.05, 0) is 24.6 Å². The number of rotatable bonds is 6. The molecule has 11 nitrogen and oxygen atoms in total. The van der Waals surface area contributed by atoms with E-state index in [1.54, 1.807) is 7.11 Å². The number of methoxy groups -OCH3 is 1. The summed E-state index contributed by atoms with van der Waals surface area (Å²) in [4.78, 5) is 42.4. The summed E-state index contributed by atoms with van der Waals surface area (Å²) >= 11 is 0. The Morgan fingerprint density at radius 2 is 1.70 bits per heavy atom. The average molecular weight is 581 g/mol. The fraction of sp³-hybridized carbons (Fsp3) is 0.344. The Kier molecular flexibility index (Phi) is 4.87. The Morgan fingerprint density at radius 3 is 2.49 bits per heavy atom. The van der Waals surface area contributed by atoms with Crippen molar-refractivity contribution < 1.29 is 33.3 Å². The standard InChI is InChI=1S/C32H28N4O7/c1-31-32(29(38)34(30(39)43-32)11-12-41-14-13-40-2)15-22(42-31)35-20-9-5-3-7-17(20)24-25-19(16-33-28(25)37)23-18-8-4-6-10-21(18)36(31)27(23)26(24)35/h3-10,22H,11-16H2,1-2H3,(H,33,37). The highest BCUT2D eigenvalue weighted by Gasteiger charge is 2.72. The van der Waals surface area contributed by atoms with Crippen molar-refractivity contribution in [3.8, 4) is 0 Å². The van der Waals surface area contributed by atoms with Crippen molar-refractivity contribution in [2.75, 3.05) is 33.5 Å². The van der Waals surface area contributed by atoms with Crippen LogP contribution in [0.15, 0.2) is 48.5 Å². The van der Waals surface area contributed by atoms with Gasteiger partial charge in [-0.3, -0.25) is 9.59 Å². The predicted octanol–water partition coefficient (Wildman–Crippen LogP) is 4.13. The van der Waals surface area contributed by atoms with E-state index in [-0.39, 0.29) is 25.5 Å². The molecule has 1 N–H and O–H groups in total. The van der Waals surface area contributed by atoms with Gasteiger partial charge in [-0.1, -0.05) is 36.4 Å². The summed E-state index contributed by atoms with van der Waals surface area (Å²) in [5.41, 5.74) is 2.04. The van der Waals surface area contributed by atoms with Crippen LogP contribution in [0.25, 0.3) is 43.6 Å². The minimum Gasteiger partial charge on any atom is -0.427 e. The molecule has 5 aromatic rings. The largest absolute Gasteiger partial charge is 0.427 e. The first-order chi connectivity index (χ1) is 20.9. The van der Waals surface area contributed by atoms with E-state index in [2.05, 4.69) is 14.5 Å². The first-order valence-electron chi connectivity index (χ1n) is 14.5. The van der Waals surface area contributed by atoms with E-state index in [1.807, 2.05) is 55.5 Å². The molecule has 0 saturated carbocycles. The lowest BCUT2D eigenvalue weighted by atomic mass is 9.87. The smallest absolute Gasteiger partial charge is 0.417 e. The Balaban J connectivity index is 1.35. The summed E-state index contributed by atoms with van der Waals surface area (Å²) in [6.07, 6.45) is -1.25. The first-order valence-corrected chi connectivity index (χ1v) is 14.5. The Morgan fingerprint density at radius 1 is 0.953 bits per heavy atom. The second-order valence-electron chi connectivity index (χ2n) is 11.7. The zero-order valence-corrected chi connectivity index (χ0v) is 23.6. The monoisotopic (exact) mass is 580 g/mol. The molecule has 2 saturated heterocycles. The highest BCUT2D eigenvalue weighted by atomic mass is 16.6. The highest BCUT2D eigenvalue weighted by molar-refractivity contribution is 6.31. The van der Waals surface area contributed by atoms with E-state index in [0.29, 0.717) is 25.3 Å². The molecule has 11 heteroatoms. The molecule has 4 aliphatic heterocycles. The van der Waals surface area contributed by atoms with Crippen molar-refractivity contribution in [2.24, 2.45) is 0 Å². The number of fused-ring (bicyclic) bond motifs is 14. The number of para-hydroxylation sites is 2. The van der Waals surface area contributed by atoms with Crippen molar-refractivity contribution in [3.05, 3.63) is 59.7 Å². The second kappa shape index (κ2) is 8.34. The zero-order chi connectivity index (χ0) is 29.2. The topological polar surface area (TPSA) is 113 Å². The molecule has 2 bridgehead atoms. The lowest BCUT2D eigenvalue weighted by molar-refractivity contribution is -0.178. The van der Waals surface area contributed by atoms with Gasteiger partial charge in [0.2, 0.25) is 5.60 Å². The number of nitrogens with zero attached hydrogens (tertiary/aromatic N) is 3. The number of hydrogen-bond donors (Lipinski definition) is 1. The molecule has 3 unspecified atom stereocenters. The molecule has 1 spiro atoms. The quantitative estimate of drug-likeness (QED) is 0.301. The number of nitrogens with one attached hydrogen (secondary N) is 1. The number of benzene rings is 3. The van der Waals surface area contributed by atoms with Gasteiger partial charge in [0.15, 0.2) is 5.72 Å². The minimum atomic E-state index is -1.63. The van der Waals surface area contributed by atoms with Crippen molar-refractivity contribution >= 4 is 61.5 Å². The summed E-state index contributed by atoms with van der Waals surface area (Å²) in [7, 11) is 1.58. The van der Waals surface area contributed by atoms with E-state index in [4.69, 9.17) is 18.9 Å². The fourth-order valence-electron chi connectivity index (χ4n) is 8.00. The maximum absolute atomic E-state index is 14.4. The van der Waals surface area contributed by atoms with Crippen LogP contribution in [0.1, 0.15) is 35.5 Å². The summed E-state index contributed by atoms with van der Waals surface area (Å²) in [5, 5.41) is 6.74. The Labute approximate surface area is 244 Å². The number of carbonyl (C=O) groups is 3. The van der Waals surface area contributed by atoms with Crippen LogP contribution in [0, 0.1) is 0 Å². The predicted molar refractivity (Wildman–Crippen MR) is 156 cm³/mol. The number of aromatic nitrogens is 2. The van der Waals surface area contributed by atoms with Crippen LogP contribution < -0.4 is 5.32 Å². The van der Waals surface area contributed by atoms with Gasteiger partial charge in [-0.2, -0.15) is 0 Å². The molecule has 3 atom stereocenters. The SMILES string of the molecule is COCCOCCN1C(=O)OC2(CC3OC2(C)n2c4ccccc4c4c5c(c6c7ccccc7n3c6c42)C(=O)NC5)C1=O. The van der Waals surface area contributed by atoms with E-state index >= 15 is 0 Å². The molecule has 3 amide bonds. The zero-order valence-electron chi connectivity index (χ0n) is 23.6. The molecule has 9 rings (SSSR count). The van der Waals surface area contributed by atoms with Crippen LogP contribution in [0.3, 0.4) is 0 Å². The third-order valence-electron chi connectivity index (χ3n) is 9.77. The summed E-state index contributed by atoms with van der Waals surface area (Å²) in [6, 6.07) is 15.9. The molecule has 0 aliphatic carbocycles. The third-order valence-corrected chi connectivity index (χ3v) is 9.77. The van der Waals surface area contributed by atoms with Crippen LogP contribution in [0.2, 0.25) is 0 Å². The van der Waals surface area contributed by atoms with Gasteiger partial charge in [0.05, 0.1) is 54.0 Å². The van der Waals surface area contributed by atoms with Crippen molar-refractivity contribution in [2.45, 2.75) is 37.4 Å². The van der Waals surface area contributed by atoms with Crippen molar-refractivity contribution in [1.82, 2.24) is 19.4 Å². The Bertz CT molecular complexity index is 2100. The van der Waals surface area contributed by atoms with Gasteiger partial charge in [-0.25, -0.2) is 9.69 Å². The second-order valence-corrected chi connectivity index (χ2v) is 11.7. The number of hydrogen-bond acceptors (Lipinski definition) is 7. The third kappa shape index (κ3) is 2.83. The normalized spacial score (nSPS) is 25.7. The van der Waals surface area contributed by atoms with Gasteiger partial charge < -0.3 is 33.4 Å². The molecule has 2 fully saturated rings. The molecule has 0 radical (unpaired) electrons. The molecule has 218 valence electrons. The van der Waals surface area contributed by atoms with Crippen LogP contribution in [-0.4, -0.2) is 71.0 Å². The van der Waals surface area contributed by atoms with Gasteiger partial charge in [0.25, 0.3) is 11.8 Å². The van der Waals surface area contributed by atoms with Gasteiger partial charge in [-0.15, -0.1) is 0 Å². The number of carbonyl (C=O) groups excluding carboxylic acids is 3. The van der Waals surface area contributed by atoms with E-state index < -0.39 is 29.6 Å². The molecule has 43 heavy (non-hydrogen) atoms. The molecular formula is C32H28N4O7. The van der Waals surface area contributed by atoms with Gasteiger partial charge in [0, 0.05) is 41.6 Å². The van der Waals surface area contributed by atoms with E-state index in [1.165, 1.54) is 0 Å². The van der Waals surface area contributed by atoms with Crippen LogP contribution in [0.4, 0.5) is 4.79 Å². The number of ether oxygens (including phenoxy) is 4. The molecule has 6 heterocycles.